The van der Waals surface area contributed by atoms with Crippen LogP contribution in [0.4, 0.5) is 5.13 Å². The molecular weight excluding hydrogens is 236 g/mol. The molecule has 82 valence electrons. The quantitative estimate of drug-likeness (QED) is 0.747. The number of carbonyl (C=O) groups excluding carboxylic acids is 1. The number of ether oxygens (including phenoxy) is 1. The lowest BCUT2D eigenvalue weighted by Crippen LogP contribution is -2.23. The van der Waals surface area contributed by atoms with Gasteiger partial charge < -0.3 is 9.64 Å². The molecule has 1 unspecified atom stereocenters. The Kier molecular flexibility index (Phi) is 3.11. The Balaban J connectivity index is 2.01. The molecule has 0 N–H and O–H groups in total. The van der Waals surface area contributed by atoms with Crippen LogP contribution in [0.1, 0.15) is 6.42 Å². The van der Waals surface area contributed by atoms with E-state index in [2.05, 4.69) is 9.88 Å². The summed E-state index contributed by atoms with van der Waals surface area (Å²) in [5.41, 5.74) is 0. The average Bonchev–Trinajstić information content (AvgIpc) is 2.84. The van der Waals surface area contributed by atoms with Gasteiger partial charge in [0.2, 0.25) is 0 Å². The first-order valence-electron chi connectivity index (χ1n) is 4.64. The highest BCUT2D eigenvalue weighted by Crippen LogP contribution is 2.28. The van der Waals surface area contributed by atoms with E-state index in [0.29, 0.717) is 11.7 Å². The average molecular weight is 247 g/mol. The molecule has 1 aliphatic rings. The Hall–Kier alpha value is -0.810. The lowest BCUT2D eigenvalue weighted by Gasteiger charge is -2.13. The Morgan fingerprint density at radius 1 is 1.80 bits per heavy atom. The summed E-state index contributed by atoms with van der Waals surface area (Å²) in [5, 5.41) is 3.19. The second kappa shape index (κ2) is 4.37. The maximum Gasteiger partial charge on any atom is 0.310 e. The molecule has 0 spiro atoms. The Morgan fingerprint density at radius 2 is 2.60 bits per heavy atom. The molecule has 4 nitrogen and oxygen atoms in total. The number of anilines is 1. The third-order valence-corrected chi connectivity index (χ3v) is 3.68. The van der Waals surface area contributed by atoms with E-state index in [0.717, 1.165) is 18.1 Å². The highest BCUT2D eigenvalue weighted by molar-refractivity contribution is 7.14. The number of methoxy groups -OCH3 is 1. The van der Waals surface area contributed by atoms with Crippen molar-refractivity contribution in [3.63, 3.8) is 0 Å². The second-order valence-electron chi connectivity index (χ2n) is 3.41. The summed E-state index contributed by atoms with van der Waals surface area (Å²) in [7, 11) is 1.42. The molecule has 0 aliphatic carbocycles. The molecule has 1 aromatic heterocycles. The first-order chi connectivity index (χ1) is 7.20. The fourth-order valence-corrected chi connectivity index (χ4v) is 2.67. The van der Waals surface area contributed by atoms with E-state index in [-0.39, 0.29) is 11.9 Å². The summed E-state index contributed by atoms with van der Waals surface area (Å²) >= 11 is 7.24. The SMILES string of the molecule is COC(=O)C1CCN(c2nc(Cl)cs2)C1. The van der Waals surface area contributed by atoms with Crippen LogP contribution < -0.4 is 4.90 Å². The Bertz CT molecular complexity index is 369. The van der Waals surface area contributed by atoms with Crippen LogP contribution >= 0.6 is 22.9 Å². The maximum atomic E-state index is 11.3. The summed E-state index contributed by atoms with van der Waals surface area (Å²) in [6, 6.07) is 0. The molecular formula is C9H11ClN2O2S. The molecule has 15 heavy (non-hydrogen) atoms. The van der Waals surface area contributed by atoms with Gasteiger partial charge in [0.25, 0.3) is 0 Å². The second-order valence-corrected chi connectivity index (χ2v) is 4.63. The zero-order valence-corrected chi connectivity index (χ0v) is 9.85. The normalized spacial score (nSPS) is 20.7. The van der Waals surface area contributed by atoms with Crippen molar-refractivity contribution in [2.75, 3.05) is 25.1 Å². The van der Waals surface area contributed by atoms with Crippen LogP contribution in [-0.4, -0.2) is 31.2 Å². The van der Waals surface area contributed by atoms with Crippen molar-refractivity contribution in [2.24, 2.45) is 5.92 Å². The van der Waals surface area contributed by atoms with Crippen molar-refractivity contribution >= 4 is 34.0 Å². The highest BCUT2D eigenvalue weighted by Gasteiger charge is 2.30. The van der Waals surface area contributed by atoms with Gasteiger partial charge in [-0.1, -0.05) is 11.6 Å². The lowest BCUT2D eigenvalue weighted by molar-refractivity contribution is -0.144. The van der Waals surface area contributed by atoms with Crippen molar-refractivity contribution in [1.29, 1.82) is 0 Å². The summed E-state index contributed by atoms with van der Waals surface area (Å²) < 4.78 is 4.71. The van der Waals surface area contributed by atoms with Gasteiger partial charge in [0, 0.05) is 18.5 Å². The van der Waals surface area contributed by atoms with Crippen LogP contribution in [0.15, 0.2) is 5.38 Å². The van der Waals surface area contributed by atoms with Crippen molar-refractivity contribution in [3.05, 3.63) is 10.5 Å². The van der Waals surface area contributed by atoms with Gasteiger partial charge >= 0.3 is 5.97 Å². The standard InChI is InChI=1S/C9H11ClN2O2S/c1-14-8(13)6-2-3-12(4-6)9-11-7(10)5-15-9/h5-6H,2-4H2,1H3. The van der Waals surface area contributed by atoms with E-state index >= 15 is 0 Å². The zero-order chi connectivity index (χ0) is 10.8. The minimum Gasteiger partial charge on any atom is -0.469 e. The third-order valence-electron chi connectivity index (χ3n) is 2.46. The zero-order valence-electron chi connectivity index (χ0n) is 8.27. The van der Waals surface area contributed by atoms with Crippen molar-refractivity contribution < 1.29 is 9.53 Å². The molecule has 0 radical (unpaired) electrons. The van der Waals surface area contributed by atoms with E-state index in [1.54, 1.807) is 5.38 Å². The third kappa shape index (κ3) is 2.23. The van der Waals surface area contributed by atoms with Gasteiger partial charge in [-0.05, 0) is 6.42 Å². The number of halogens is 1. The summed E-state index contributed by atoms with van der Waals surface area (Å²) in [5.74, 6) is -0.169. The molecule has 2 rings (SSSR count). The van der Waals surface area contributed by atoms with Crippen LogP contribution in [0, 0.1) is 5.92 Å². The largest absolute Gasteiger partial charge is 0.469 e. The molecule has 1 fully saturated rings. The number of rotatable bonds is 2. The van der Waals surface area contributed by atoms with E-state index in [1.165, 1.54) is 18.4 Å². The molecule has 1 atom stereocenters. The number of nitrogens with zero attached hydrogens (tertiary/aromatic N) is 2. The van der Waals surface area contributed by atoms with E-state index in [1.807, 2.05) is 0 Å². The molecule has 0 saturated carbocycles. The Morgan fingerprint density at radius 3 is 3.20 bits per heavy atom. The molecule has 1 saturated heterocycles. The predicted molar refractivity (Wildman–Crippen MR) is 59.5 cm³/mol. The summed E-state index contributed by atoms with van der Waals surface area (Å²) in [6.45, 7) is 1.51. The number of carbonyl (C=O) groups is 1. The van der Waals surface area contributed by atoms with Crippen molar-refractivity contribution in [1.82, 2.24) is 4.98 Å². The topological polar surface area (TPSA) is 42.4 Å². The van der Waals surface area contributed by atoms with Crippen LogP contribution in [0.25, 0.3) is 0 Å². The molecule has 6 heteroatoms. The van der Waals surface area contributed by atoms with Gasteiger partial charge in [-0.15, -0.1) is 11.3 Å². The molecule has 1 aromatic rings. The Labute approximate surface area is 96.8 Å². The van der Waals surface area contributed by atoms with Crippen LogP contribution in [0.2, 0.25) is 5.15 Å². The lowest BCUT2D eigenvalue weighted by atomic mass is 10.1. The molecule has 2 heterocycles. The van der Waals surface area contributed by atoms with E-state index in [9.17, 15) is 4.79 Å². The number of hydrogen-bond donors (Lipinski definition) is 0. The summed E-state index contributed by atoms with van der Waals surface area (Å²) in [4.78, 5) is 17.5. The molecule has 0 amide bonds. The van der Waals surface area contributed by atoms with Gasteiger partial charge in [0.05, 0.1) is 13.0 Å². The molecule has 0 aromatic carbocycles. The fourth-order valence-electron chi connectivity index (χ4n) is 1.68. The van der Waals surface area contributed by atoms with Gasteiger partial charge in [0.15, 0.2) is 5.13 Å². The van der Waals surface area contributed by atoms with Crippen LogP contribution in [0.3, 0.4) is 0 Å². The predicted octanol–water partition coefficient (Wildman–Crippen LogP) is 1.80. The van der Waals surface area contributed by atoms with Crippen molar-refractivity contribution in [3.8, 4) is 0 Å². The first kappa shape index (κ1) is 10.7. The first-order valence-corrected chi connectivity index (χ1v) is 5.90. The van der Waals surface area contributed by atoms with Gasteiger partial charge in [0.1, 0.15) is 5.15 Å². The minimum absolute atomic E-state index is 0.0299. The maximum absolute atomic E-state index is 11.3. The monoisotopic (exact) mass is 246 g/mol. The van der Waals surface area contributed by atoms with Crippen LogP contribution in [0.5, 0.6) is 0 Å². The number of aromatic nitrogens is 1. The van der Waals surface area contributed by atoms with E-state index < -0.39 is 0 Å². The number of esters is 1. The number of hydrogen-bond acceptors (Lipinski definition) is 5. The van der Waals surface area contributed by atoms with E-state index in [4.69, 9.17) is 16.3 Å². The smallest absolute Gasteiger partial charge is 0.310 e. The summed E-state index contributed by atoms with van der Waals surface area (Å²) in [6.07, 6.45) is 0.823. The molecule has 0 bridgehead atoms. The minimum atomic E-state index is -0.139. The van der Waals surface area contributed by atoms with Gasteiger partial charge in [-0.2, -0.15) is 0 Å². The van der Waals surface area contributed by atoms with Crippen LogP contribution in [-0.2, 0) is 9.53 Å². The highest BCUT2D eigenvalue weighted by atomic mass is 35.5. The number of thiazole rings is 1. The van der Waals surface area contributed by atoms with Crippen molar-refractivity contribution in [2.45, 2.75) is 6.42 Å². The fraction of sp³-hybridized carbons (Fsp3) is 0.556. The van der Waals surface area contributed by atoms with Gasteiger partial charge in [-0.25, -0.2) is 4.98 Å². The molecule has 1 aliphatic heterocycles. The van der Waals surface area contributed by atoms with Gasteiger partial charge in [-0.3, -0.25) is 4.79 Å².